The van der Waals surface area contributed by atoms with Crippen LogP contribution in [0.2, 0.25) is 0 Å². The first-order valence-electron chi connectivity index (χ1n) is 6.17. The molecule has 0 aliphatic rings. The molecule has 1 aromatic heterocycles. The van der Waals surface area contributed by atoms with Crippen LogP contribution in [0, 0.1) is 5.41 Å². The molecule has 2 rings (SSSR count). The smallest absolute Gasteiger partial charge is 0.127 e. The number of nitrogens with zero attached hydrogens (tertiary/aromatic N) is 2. The van der Waals surface area contributed by atoms with E-state index in [0.29, 0.717) is 0 Å². The van der Waals surface area contributed by atoms with Crippen LogP contribution < -0.4 is 0 Å². The molecule has 0 saturated heterocycles. The van der Waals surface area contributed by atoms with Crippen LogP contribution in [0.1, 0.15) is 37.5 Å². The highest BCUT2D eigenvalue weighted by Crippen LogP contribution is 2.37. The van der Waals surface area contributed by atoms with E-state index < -0.39 is 0 Å². The summed E-state index contributed by atoms with van der Waals surface area (Å²) in [5.74, 6) is 0.938. The average molecular weight is 263 g/mol. The van der Waals surface area contributed by atoms with E-state index in [1.54, 1.807) is 0 Å². The lowest BCUT2D eigenvalue weighted by Crippen LogP contribution is -2.18. The van der Waals surface area contributed by atoms with E-state index in [4.69, 9.17) is 11.6 Å². The van der Waals surface area contributed by atoms with Gasteiger partial charge in [0.25, 0.3) is 0 Å². The molecular weight excluding hydrogens is 244 g/mol. The lowest BCUT2D eigenvalue weighted by atomic mass is 9.91. The Bertz CT molecular complexity index is 497. The van der Waals surface area contributed by atoms with Gasteiger partial charge in [-0.25, -0.2) is 4.98 Å². The normalized spacial score (nSPS) is 13.6. The van der Waals surface area contributed by atoms with Crippen LogP contribution in [0.3, 0.4) is 0 Å². The highest BCUT2D eigenvalue weighted by atomic mass is 35.5. The monoisotopic (exact) mass is 262 g/mol. The van der Waals surface area contributed by atoms with E-state index in [0.717, 1.165) is 12.4 Å². The van der Waals surface area contributed by atoms with Crippen LogP contribution in [-0.4, -0.2) is 9.55 Å². The van der Waals surface area contributed by atoms with Gasteiger partial charge >= 0.3 is 0 Å². The minimum absolute atomic E-state index is 0.00134. The molecule has 0 N–H and O–H groups in total. The second-order valence-electron chi connectivity index (χ2n) is 5.63. The van der Waals surface area contributed by atoms with Gasteiger partial charge < -0.3 is 4.57 Å². The number of aromatic nitrogens is 2. The van der Waals surface area contributed by atoms with Gasteiger partial charge in [-0.05, 0) is 11.0 Å². The molecular formula is C15H19ClN2. The van der Waals surface area contributed by atoms with Crippen molar-refractivity contribution in [2.24, 2.45) is 5.41 Å². The van der Waals surface area contributed by atoms with E-state index in [9.17, 15) is 0 Å². The third kappa shape index (κ3) is 2.94. The van der Waals surface area contributed by atoms with Crippen LogP contribution in [0.4, 0.5) is 0 Å². The molecule has 0 aliphatic carbocycles. The molecule has 18 heavy (non-hydrogen) atoms. The van der Waals surface area contributed by atoms with Gasteiger partial charge in [0, 0.05) is 18.9 Å². The predicted molar refractivity (Wildman–Crippen MR) is 75.8 cm³/mol. The maximum atomic E-state index is 6.51. The van der Waals surface area contributed by atoms with Crippen molar-refractivity contribution in [1.82, 2.24) is 9.55 Å². The van der Waals surface area contributed by atoms with Crippen LogP contribution in [0.25, 0.3) is 0 Å². The molecule has 96 valence electrons. The van der Waals surface area contributed by atoms with Crippen molar-refractivity contribution in [1.29, 1.82) is 0 Å². The lowest BCUT2D eigenvalue weighted by molar-refractivity contribution is 0.378. The van der Waals surface area contributed by atoms with Gasteiger partial charge in [-0.2, -0.15) is 0 Å². The summed E-state index contributed by atoms with van der Waals surface area (Å²) < 4.78 is 2.12. The Morgan fingerprint density at radius 2 is 1.89 bits per heavy atom. The second kappa shape index (κ2) is 5.15. The van der Waals surface area contributed by atoms with Crippen LogP contribution >= 0.6 is 11.6 Å². The van der Waals surface area contributed by atoms with Crippen molar-refractivity contribution in [3.63, 3.8) is 0 Å². The molecule has 0 radical (unpaired) electrons. The first-order valence-corrected chi connectivity index (χ1v) is 6.61. The Morgan fingerprint density at radius 3 is 2.50 bits per heavy atom. The van der Waals surface area contributed by atoms with E-state index in [1.165, 1.54) is 5.56 Å². The van der Waals surface area contributed by atoms with Crippen LogP contribution in [-0.2, 0) is 6.54 Å². The number of benzene rings is 1. The van der Waals surface area contributed by atoms with Gasteiger partial charge in [-0.15, -0.1) is 11.6 Å². The molecule has 3 heteroatoms. The summed E-state index contributed by atoms with van der Waals surface area (Å²) in [6.45, 7) is 7.21. The Labute approximate surface area is 114 Å². The van der Waals surface area contributed by atoms with Gasteiger partial charge in [0.2, 0.25) is 0 Å². The van der Waals surface area contributed by atoms with Crippen molar-refractivity contribution >= 4 is 11.6 Å². The van der Waals surface area contributed by atoms with Crippen molar-refractivity contribution in [3.8, 4) is 0 Å². The number of rotatable bonds is 3. The fraction of sp³-hybridized carbons (Fsp3) is 0.400. The van der Waals surface area contributed by atoms with E-state index in [1.807, 2.05) is 30.6 Å². The molecule has 0 saturated carbocycles. The Hall–Kier alpha value is -1.28. The minimum Gasteiger partial charge on any atom is -0.329 e. The molecule has 0 amide bonds. The molecule has 0 fully saturated rings. The maximum absolute atomic E-state index is 6.51. The Balaban J connectivity index is 2.24. The quantitative estimate of drug-likeness (QED) is 0.756. The summed E-state index contributed by atoms with van der Waals surface area (Å²) in [6.07, 6.45) is 3.81. The standard InChI is InChI=1S/C15H19ClN2/c1-15(2,3)13(16)14-17-9-10-18(14)11-12-7-5-4-6-8-12/h4-10,13H,11H2,1-3H3. The molecule has 0 aliphatic heterocycles. The third-order valence-corrected chi connectivity index (χ3v) is 3.78. The van der Waals surface area contributed by atoms with E-state index >= 15 is 0 Å². The number of alkyl halides is 1. The van der Waals surface area contributed by atoms with Gasteiger partial charge in [-0.1, -0.05) is 51.1 Å². The number of halogens is 1. The maximum Gasteiger partial charge on any atom is 0.127 e. The summed E-state index contributed by atoms with van der Waals surface area (Å²) in [7, 11) is 0. The summed E-state index contributed by atoms with van der Waals surface area (Å²) >= 11 is 6.51. The highest BCUT2D eigenvalue weighted by Gasteiger charge is 2.27. The number of hydrogen-bond donors (Lipinski definition) is 0. The van der Waals surface area contributed by atoms with Crippen molar-refractivity contribution in [3.05, 3.63) is 54.1 Å². The third-order valence-electron chi connectivity index (χ3n) is 2.93. The highest BCUT2D eigenvalue weighted by molar-refractivity contribution is 6.20. The Morgan fingerprint density at radius 1 is 1.22 bits per heavy atom. The molecule has 0 spiro atoms. The summed E-state index contributed by atoms with van der Waals surface area (Å²) in [6, 6.07) is 10.4. The molecule has 1 unspecified atom stereocenters. The zero-order chi connectivity index (χ0) is 13.2. The fourth-order valence-electron chi connectivity index (χ4n) is 1.85. The SMILES string of the molecule is CC(C)(C)C(Cl)c1nccn1Cc1ccccc1. The Kier molecular flexibility index (Phi) is 3.76. The zero-order valence-electron chi connectivity index (χ0n) is 11.1. The summed E-state index contributed by atoms with van der Waals surface area (Å²) in [5, 5.41) is -0.0868. The first kappa shape index (κ1) is 13.2. The van der Waals surface area contributed by atoms with Crippen LogP contribution in [0.15, 0.2) is 42.7 Å². The molecule has 0 bridgehead atoms. The van der Waals surface area contributed by atoms with Gasteiger partial charge in [0.05, 0.1) is 5.38 Å². The van der Waals surface area contributed by atoms with Crippen molar-refractivity contribution in [2.45, 2.75) is 32.7 Å². The van der Waals surface area contributed by atoms with Gasteiger partial charge in [0.15, 0.2) is 0 Å². The summed E-state index contributed by atoms with van der Waals surface area (Å²) in [4.78, 5) is 4.41. The topological polar surface area (TPSA) is 17.8 Å². The van der Waals surface area contributed by atoms with Crippen molar-refractivity contribution in [2.75, 3.05) is 0 Å². The van der Waals surface area contributed by atoms with Gasteiger partial charge in [-0.3, -0.25) is 0 Å². The number of imidazole rings is 1. The summed E-state index contributed by atoms with van der Waals surface area (Å²) in [5.41, 5.74) is 1.26. The molecule has 1 heterocycles. The molecule has 2 aromatic rings. The second-order valence-corrected chi connectivity index (χ2v) is 6.06. The minimum atomic E-state index is -0.0868. The first-order chi connectivity index (χ1) is 8.48. The lowest BCUT2D eigenvalue weighted by Gasteiger charge is -2.25. The molecule has 2 nitrogen and oxygen atoms in total. The number of hydrogen-bond acceptors (Lipinski definition) is 1. The molecule has 1 atom stereocenters. The molecule has 1 aromatic carbocycles. The fourth-order valence-corrected chi connectivity index (χ4v) is 2.03. The van der Waals surface area contributed by atoms with Crippen molar-refractivity contribution < 1.29 is 0 Å². The predicted octanol–water partition coefficient (Wildman–Crippen LogP) is 4.26. The average Bonchev–Trinajstić information content (AvgIpc) is 2.76. The largest absolute Gasteiger partial charge is 0.329 e. The van der Waals surface area contributed by atoms with Crippen LogP contribution in [0.5, 0.6) is 0 Å². The zero-order valence-corrected chi connectivity index (χ0v) is 11.9. The van der Waals surface area contributed by atoms with E-state index in [2.05, 4.69) is 42.5 Å². The van der Waals surface area contributed by atoms with E-state index in [-0.39, 0.29) is 10.8 Å². The van der Waals surface area contributed by atoms with Gasteiger partial charge in [0.1, 0.15) is 5.82 Å².